The number of thiophene rings is 1. The number of hydrogen-bond donors (Lipinski definition) is 2. The van der Waals surface area contributed by atoms with Crippen LogP contribution in [0.3, 0.4) is 0 Å². The lowest BCUT2D eigenvalue weighted by atomic mass is 9.94. The number of anilines is 2. The Balaban J connectivity index is 2.15. The first-order valence-electron chi connectivity index (χ1n) is 6.38. The number of carbonyl (C=O) groups is 1. The molecule has 106 valence electrons. The molecular formula is C13H21N3O2S. The van der Waals surface area contributed by atoms with Crippen LogP contribution in [0.5, 0.6) is 0 Å². The second-order valence-corrected chi connectivity index (χ2v) is 6.58. The molecule has 1 aliphatic heterocycles. The standard InChI is InChI=1S/C13H21N3O2S/c1-13(18)4-6-16(7-5-13)10-8-9(14)11(19-10)12(17)15(2)3/h8,18H,4-7,14H2,1-3H3. The first-order chi connectivity index (χ1) is 8.80. The molecular weight excluding hydrogens is 262 g/mol. The van der Waals surface area contributed by atoms with Crippen LogP contribution in [0.15, 0.2) is 6.07 Å². The van der Waals surface area contributed by atoms with Crippen LogP contribution in [0.1, 0.15) is 29.4 Å². The van der Waals surface area contributed by atoms with E-state index in [0.717, 1.165) is 30.9 Å². The first-order valence-corrected chi connectivity index (χ1v) is 7.20. The molecule has 1 amide bonds. The maximum atomic E-state index is 12.0. The molecule has 1 saturated heterocycles. The molecule has 1 aliphatic rings. The molecule has 0 bridgehead atoms. The zero-order valence-electron chi connectivity index (χ0n) is 11.6. The minimum Gasteiger partial charge on any atom is -0.397 e. The average molecular weight is 283 g/mol. The smallest absolute Gasteiger partial charge is 0.265 e. The van der Waals surface area contributed by atoms with E-state index in [1.165, 1.54) is 16.2 Å². The topological polar surface area (TPSA) is 69.8 Å². The van der Waals surface area contributed by atoms with Crippen LogP contribution in [-0.4, -0.2) is 48.7 Å². The summed E-state index contributed by atoms with van der Waals surface area (Å²) in [6.07, 6.45) is 1.48. The summed E-state index contributed by atoms with van der Waals surface area (Å²) in [5.74, 6) is -0.0576. The van der Waals surface area contributed by atoms with Crippen LogP contribution in [0.25, 0.3) is 0 Å². The number of aliphatic hydroxyl groups is 1. The minimum absolute atomic E-state index is 0.0576. The summed E-state index contributed by atoms with van der Waals surface area (Å²) in [4.78, 5) is 16.3. The van der Waals surface area contributed by atoms with Gasteiger partial charge in [-0.1, -0.05) is 0 Å². The summed E-state index contributed by atoms with van der Waals surface area (Å²) < 4.78 is 0. The molecule has 2 rings (SSSR count). The van der Waals surface area contributed by atoms with Gasteiger partial charge in [-0.2, -0.15) is 0 Å². The Hall–Kier alpha value is -1.27. The summed E-state index contributed by atoms with van der Waals surface area (Å²) in [6, 6.07) is 1.86. The highest BCUT2D eigenvalue weighted by atomic mass is 32.1. The third kappa shape index (κ3) is 3.01. The molecule has 3 N–H and O–H groups in total. The maximum absolute atomic E-state index is 12.0. The van der Waals surface area contributed by atoms with Crippen molar-refractivity contribution in [3.63, 3.8) is 0 Å². The van der Waals surface area contributed by atoms with E-state index in [0.29, 0.717) is 10.6 Å². The average Bonchev–Trinajstić information content (AvgIpc) is 2.70. The molecule has 2 heterocycles. The zero-order valence-corrected chi connectivity index (χ0v) is 12.5. The van der Waals surface area contributed by atoms with Crippen molar-refractivity contribution in [2.45, 2.75) is 25.4 Å². The Bertz CT molecular complexity index is 472. The Labute approximate surface area is 117 Å². The van der Waals surface area contributed by atoms with Gasteiger partial charge in [0.15, 0.2) is 0 Å². The monoisotopic (exact) mass is 283 g/mol. The van der Waals surface area contributed by atoms with Gasteiger partial charge in [-0.05, 0) is 25.8 Å². The van der Waals surface area contributed by atoms with E-state index in [9.17, 15) is 9.90 Å². The van der Waals surface area contributed by atoms with E-state index in [1.807, 2.05) is 13.0 Å². The van der Waals surface area contributed by atoms with Crippen molar-refractivity contribution < 1.29 is 9.90 Å². The van der Waals surface area contributed by atoms with E-state index < -0.39 is 5.60 Å². The summed E-state index contributed by atoms with van der Waals surface area (Å²) in [5, 5.41) is 11.0. The van der Waals surface area contributed by atoms with Gasteiger partial charge in [0.25, 0.3) is 5.91 Å². The Morgan fingerprint density at radius 3 is 2.58 bits per heavy atom. The largest absolute Gasteiger partial charge is 0.397 e. The van der Waals surface area contributed by atoms with Crippen molar-refractivity contribution in [1.82, 2.24) is 4.90 Å². The van der Waals surface area contributed by atoms with Crippen LogP contribution in [-0.2, 0) is 0 Å². The normalized spacial score (nSPS) is 18.4. The first kappa shape index (κ1) is 14.1. The lowest BCUT2D eigenvalue weighted by molar-refractivity contribution is 0.0352. The van der Waals surface area contributed by atoms with Crippen LogP contribution in [0.4, 0.5) is 10.7 Å². The fraction of sp³-hybridized carbons (Fsp3) is 0.615. The number of rotatable bonds is 2. The van der Waals surface area contributed by atoms with Crippen molar-refractivity contribution in [1.29, 1.82) is 0 Å². The molecule has 0 atom stereocenters. The number of amides is 1. The quantitative estimate of drug-likeness (QED) is 0.860. The predicted octanol–water partition coefficient (Wildman–Crippen LogP) is 1.38. The van der Waals surface area contributed by atoms with E-state index in [-0.39, 0.29) is 5.91 Å². The molecule has 6 heteroatoms. The summed E-state index contributed by atoms with van der Waals surface area (Å²) >= 11 is 1.43. The third-order valence-electron chi connectivity index (χ3n) is 3.50. The number of nitrogens with zero attached hydrogens (tertiary/aromatic N) is 2. The lowest BCUT2D eigenvalue weighted by Crippen LogP contribution is -2.42. The van der Waals surface area contributed by atoms with Gasteiger partial charge < -0.3 is 20.6 Å². The highest BCUT2D eigenvalue weighted by Crippen LogP contribution is 2.35. The highest BCUT2D eigenvalue weighted by Gasteiger charge is 2.29. The number of carbonyl (C=O) groups excluding carboxylic acids is 1. The van der Waals surface area contributed by atoms with Gasteiger partial charge >= 0.3 is 0 Å². The van der Waals surface area contributed by atoms with E-state index >= 15 is 0 Å². The Kier molecular flexibility index (Phi) is 3.73. The minimum atomic E-state index is -0.568. The van der Waals surface area contributed by atoms with Gasteiger partial charge in [0.05, 0.1) is 16.3 Å². The van der Waals surface area contributed by atoms with Gasteiger partial charge in [0.2, 0.25) is 0 Å². The van der Waals surface area contributed by atoms with E-state index in [2.05, 4.69) is 4.90 Å². The fourth-order valence-corrected chi connectivity index (χ4v) is 3.28. The van der Waals surface area contributed by atoms with Crippen molar-refractivity contribution in [2.24, 2.45) is 0 Å². The zero-order chi connectivity index (χ0) is 14.2. The molecule has 0 saturated carbocycles. The molecule has 19 heavy (non-hydrogen) atoms. The van der Waals surface area contributed by atoms with Crippen molar-refractivity contribution in [3.8, 4) is 0 Å². The number of nitrogen functional groups attached to an aromatic ring is 1. The molecule has 1 aromatic heterocycles. The van der Waals surface area contributed by atoms with Crippen LogP contribution in [0.2, 0.25) is 0 Å². The van der Waals surface area contributed by atoms with Crippen molar-refractivity contribution >= 4 is 27.9 Å². The summed E-state index contributed by atoms with van der Waals surface area (Å²) in [6.45, 7) is 3.46. The SMILES string of the molecule is CN(C)C(=O)c1sc(N2CCC(C)(O)CC2)cc1N. The second kappa shape index (κ2) is 5.02. The van der Waals surface area contributed by atoms with Crippen LogP contribution in [0, 0.1) is 0 Å². The van der Waals surface area contributed by atoms with Gasteiger partial charge in [0.1, 0.15) is 4.88 Å². The molecule has 0 unspecified atom stereocenters. The van der Waals surface area contributed by atoms with E-state index in [4.69, 9.17) is 5.73 Å². The Morgan fingerprint density at radius 1 is 1.47 bits per heavy atom. The number of hydrogen-bond acceptors (Lipinski definition) is 5. The number of piperidine rings is 1. The molecule has 0 aromatic carbocycles. The van der Waals surface area contributed by atoms with Gasteiger partial charge in [-0.25, -0.2) is 0 Å². The van der Waals surface area contributed by atoms with Gasteiger partial charge in [-0.15, -0.1) is 11.3 Å². The molecule has 0 aliphatic carbocycles. The molecule has 1 aromatic rings. The third-order valence-corrected chi connectivity index (χ3v) is 4.70. The molecule has 1 fully saturated rings. The highest BCUT2D eigenvalue weighted by molar-refractivity contribution is 7.18. The molecule has 5 nitrogen and oxygen atoms in total. The van der Waals surface area contributed by atoms with Gasteiger partial charge in [0, 0.05) is 27.2 Å². The van der Waals surface area contributed by atoms with Gasteiger partial charge in [-0.3, -0.25) is 4.79 Å². The molecule has 0 spiro atoms. The summed E-state index contributed by atoms with van der Waals surface area (Å²) in [7, 11) is 3.44. The predicted molar refractivity (Wildman–Crippen MR) is 78.8 cm³/mol. The van der Waals surface area contributed by atoms with E-state index in [1.54, 1.807) is 14.1 Å². The Morgan fingerprint density at radius 2 is 2.05 bits per heavy atom. The van der Waals surface area contributed by atoms with Crippen LogP contribution >= 0.6 is 11.3 Å². The van der Waals surface area contributed by atoms with Crippen LogP contribution < -0.4 is 10.6 Å². The van der Waals surface area contributed by atoms with Crippen molar-refractivity contribution in [3.05, 3.63) is 10.9 Å². The second-order valence-electron chi connectivity index (χ2n) is 5.55. The summed E-state index contributed by atoms with van der Waals surface area (Å²) in [5.41, 5.74) is 5.90. The fourth-order valence-electron chi connectivity index (χ4n) is 2.13. The van der Waals surface area contributed by atoms with Crippen molar-refractivity contribution in [2.75, 3.05) is 37.8 Å². The number of nitrogens with two attached hydrogens (primary N) is 1. The lowest BCUT2D eigenvalue weighted by Gasteiger charge is -2.36. The maximum Gasteiger partial charge on any atom is 0.265 e. The molecule has 0 radical (unpaired) electrons.